The van der Waals surface area contributed by atoms with Gasteiger partial charge in [-0.15, -0.1) is 0 Å². The summed E-state index contributed by atoms with van der Waals surface area (Å²) in [6.07, 6.45) is 1.26. The van der Waals surface area contributed by atoms with Gasteiger partial charge in [-0.1, -0.05) is 36.4 Å². The molecule has 0 bridgehead atoms. The Hall–Kier alpha value is -3.48. The van der Waals surface area contributed by atoms with E-state index < -0.39 is 11.7 Å². The number of fused-ring (bicyclic) bond motifs is 7. The second-order valence-corrected chi connectivity index (χ2v) is 10.4. The van der Waals surface area contributed by atoms with E-state index in [0.29, 0.717) is 0 Å². The van der Waals surface area contributed by atoms with Crippen molar-refractivity contribution in [2.75, 3.05) is 12.4 Å². The van der Waals surface area contributed by atoms with Gasteiger partial charge >= 0.3 is 12.1 Å². The lowest BCUT2D eigenvalue weighted by Gasteiger charge is -2.42. The molecule has 1 amide bonds. The summed E-state index contributed by atoms with van der Waals surface area (Å²) in [5.74, 6) is 0.00653. The van der Waals surface area contributed by atoms with Gasteiger partial charge in [0.25, 0.3) is 0 Å². The predicted molar refractivity (Wildman–Crippen MR) is 126 cm³/mol. The van der Waals surface area contributed by atoms with Gasteiger partial charge < -0.3 is 19.2 Å². The first-order valence-corrected chi connectivity index (χ1v) is 11.7. The molecule has 1 aromatic heterocycles. The smallest absolute Gasteiger partial charge is 0.411 e. The first-order valence-electron chi connectivity index (χ1n) is 11.7. The van der Waals surface area contributed by atoms with Crippen LogP contribution >= 0.6 is 0 Å². The summed E-state index contributed by atoms with van der Waals surface area (Å²) >= 11 is 0. The minimum Gasteiger partial charge on any atom is -0.469 e. The fourth-order valence-electron chi connectivity index (χ4n) is 6.15. The van der Waals surface area contributed by atoms with Crippen molar-refractivity contribution in [3.8, 4) is 0 Å². The van der Waals surface area contributed by atoms with E-state index in [1.54, 1.807) is 11.2 Å². The van der Waals surface area contributed by atoms with Crippen LogP contribution in [0.1, 0.15) is 44.2 Å². The number of carbonyl (C=O) groups is 2. The maximum absolute atomic E-state index is 13.6. The second-order valence-electron chi connectivity index (χ2n) is 10.4. The molecule has 34 heavy (non-hydrogen) atoms. The number of hydrogen-bond acceptors (Lipinski definition) is 6. The molecule has 1 unspecified atom stereocenters. The molecule has 1 aliphatic carbocycles. The monoisotopic (exact) mass is 460 g/mol. The van der Waals surface area contributed by atoms with Gasteiger partial charge in [-0.25, -0.2) is 4.79 Å². The zero-order chi connectivity index (χ0) is 23.8. The third kappa shape index (κ3) is 3.02. The molecule has 0 spiro atoms. The first kappa shape index (κ1) is 21.1. The average molecular weight is 461 g/mol. The molecule has 6 atom stereocenters. The SMILES string of the molecule is COC(=O)C1[C@H]2[C@@H]3[C@H](c4ccco4)Nc4c(ccc5ccccc45)[C@@H]3N(C(=O)OC(C)(C)C)[C@@H]12. The number of anilines is 1. The number of amides is 1. The molecule has 7 heteroatoms. The highest BCUT2D eigenvalue weighted by atomic mass is 16.6. The van der Waals surface area contributed by atoms with E-state index in [1.807, 2.05) is 45.0 Å². The molecule has 0 radical (unpaired) electrons. The largest absolute Gasteiger partial charge is 0.469 e. The van der Waals surface area contributed by atoms with Gasteiger partial charge in [-0.2, -0.15) is 0 Å². The number of hydrogen-bond donors (Lipinski definition) is 1. The molecule has 1 N–H and O–H groups in total. The molecule has 3 heterocycles. The van der Waals surface area contributed by atoms with E-state index in [4.69, 9.17) is 13.9 Å². The normalized spacial score (nSPS) is 29.0. The van der Waals surface area contributed by atoms with Gasteiger partial charge in [0.15, 0.2) is 0 Å². The number of esters is 1. The van der Waals surface area contributed by atoms with Crippen molar-refractivity contribution in [1.29, 1.82) is 0 Å². The summed E-state index contributed by atoms with van der Waals surface area (Å²) in [6.45, 7) is 5.57. The first-order chi connectivity index (χ1) is 16.3. The summed E-state index contributed by atoms with van der Waals surface area (Å²) in [5, 5.41) is 5.93. The van der Waals surface area contributed by atoms with Gasteiger partial charge in [0.2, 0.25) is 0 Å². The van der Waals surface area contributed by atoms with Crippen LogP contribution in [0.2, 0.25) is 0 Å². The second kappa shape index (κ2) is 7.26. The third-order valence-corrected chi connectivity index (χ3v) is 7.36. The summed E-state index contributed by atoms with van der Waals surface area (Å²) in [5.41, 5.74) is 1.37. The molecule has 2 aliphatic heterocycles. The lowest BCUT2D eigenvalue weighted by atomic mass is 9.78. The highest BCUT2D eigenvalue weighted by molar-refractivity contribution is 5.97. The molecule has 1 saturated heterocycles. The number of nitrogens with one attached hydrogen (secondary N) is 1. The topological polar surface area (TPSA) is 81.0 Å². The van der Waals surface area contributed by atoms with Crippen LogP contribution in [0.4, 0.5) is 10.5 Å². The van der Waals surface area contributed by atoms with E-state index in [2.05, 4.69) is 29.6 Å². The minimum atomic E-state index is -0.653. The van der Waals surface area contributed by atoms with Crippen LogP contribution in [-0.2, 0) is 14.3 Å². The summed E-state index contributed by atoms with van der Waals surface area (Å²) in [4.78, 5) is 28.1. The van der Waals surface area contributed by atoms with E-state index in [1.165, 1.54) is 7.11 Å². The minimum absolute atomic E-state index is 0.0489. The Morgan fingerprint density at radius 2 is 1.82 bits per heavy atom. The van der Waals surface area contributed by atoms with Crippen LogP contribution in [0.3, 0.4) is 0 Å². The number of ether oxygens (including phenoxy) is 2. The predicted octanol–water partition coefficient (Wildman–Crippen LogP) is 5.30. The Labute approximate surface area is 198 Å². The zero-order valence-electron chi connectivity index (χ0n) is 19.6. The Balaban J connectivity index is 1.53. The molecule has 3 aliphatic rings. The maximum atomic E-state index is 13.6. The number of benzene rings is 2. The number of rotatable bonds is 2. The van der Waals surface area contributed by atoms with Gasteiger partial charge in [-0.3, -0.25) is 9.69 Å². The van der Waals surface area contributed by atoms with Crippen molar-refractivity contribution in [1.82, 2.24) is 4.90 Å². The van der Waals surface area contributed by atoms with E-state index in [9.17, 15) is 9.59 Å². The van der Waals surface area contributed by atoms with Crippen molar-refractivity contribution in [2.24, 2.45) is 17.8 Å². The summed E-state index contributed by atoms with van der Waals surface area (Å²) in [7, 11) is 1.40. The van der Waals surface area contributed by atoms with Crippen molar-refractivity contribution in [2.45, 2.75) is 44.5 Å². The van der Waals surface area contributed by atoms with Crippen molar-refractivity contribution < 1.29 is 23.5 Å². The van der Waals surface area contributed by atoms with Crippen molar-refractivity contribution >= 4 is 28.5 Å². The van der Waals surface area contributed by atoms with Crippen LogP contribution in [0, 0.1) is 17.8 Å². The number of carbonyl (C=O) groups excluding carboxylic acids is 2. The Bertz CT molecular complexity index is 1280. The number of piperidine rings is 1. The van der Waals surface area contributed by atoms with Crippen molar-refractivity contribution in [3.63, 3.8) is 0 Å². The number of likely N-dealkylation sites (tertiary alicyclic amines) is 1. The van der Waals surface area contributed by atoms with Crippen LogP contribution in [0.5, 0.6) is 0 Å². The molecular weight excluding hydrogens is 432 g/mol. The van der Waals surface area contributed by atoms with E-state index in [0.717, 1.165) is 27.8 Å². The molecular formula is C27H28N2O5. The molecule has 1 saturated carbocycles. The Morgan fingerprint density at radius 1 is 1.03 bits per heavy atom. The number of furan rings is 1. The lowest BCUT2D eigenvalue weighted by Crippen LogP contribution is -2.44. The molecule has 6 rings (SSSR count). The molecule has 3 aromatic rings. The highest BCUT2D eigenvalue weighted by Crippen LogP contribution is 2.67. The van der Waals surface area contributed by atoms with Crippen LogP contribution in [-0.4, -0.2) is 35.7 Å². The van der Waals surface area contributed by atoms with Crippen LogP contribution < -0.4 is 5.32 Å². The standard InChI is InChI=1S/C27H28N2O5/c1-27(2,3)34-26(31)29-23-16-12-11-14-8-5-6-9-15(14)21(16)28-22(17-10-7-13-33-17)19(23)18-20(24(18)29)25(30)32-4/h5-13,18-20,22-24,28H,1-4H3/t18-,19-,20?,22+,23+,24-/m1/s1. The van der Waals surface area contributed by atoms with E-state index in [-0.39, 0.29) is 41.8 Å². The fraction of sp³-hybridized carbons (Fsp3) is 0.407. The number of nitrogens with zero attached hydrogens (tertiary/aromatic N) is 1. The van der Waals surface area contributed by atoms with Gasteiger partial charge in [0.1, 0.15) is 11.4 Å². The fourth-order valence-corrected chi connectivity index (χ4v) is 6.15. The molecule has 7 nitrogen and oxygen atoms in total. The lowest BCUT2D eigenvalue weighted by molar-refractivity contribution is -0.143. The van der Waals surface area contributed by atoms with Crippen LogP contribution in [0.15, 0.2) is 59.2 Å². The highest BCUT2D eigenvalue weighted by Gasteiger charge is 2.74. The summed E-state index contributed by atoms with van der Waals surface area (Å²) < 4.78 is 16.8. The van der Waals surface area contributed by atoms with Gasteiger partial charge in [0, 0.05) is 22.9 Å². The summed E-state index contributed by atoms with van der Waals surface area (Å²) in [6, 6.07) is 15.5. The quantitative estimate of drug-likeness (QED) is 0.523. The zero-order valence-corrected chi connectivity index (χ0v) is 19.6. The molecule has 2 fully saturated rings. The van der Waals surface area contributed by atoms with Gasteiger partial charge in [0.05, 0.1) is 37.4 Å². The molecule has 176 valence electrons. The van der Waals surface area contributed by atoms with E-state index >= 15 is 0 Å². The third-order valence-electron chi connectivity index (χ3n) is 7.36. The number of methoxy groups -OCH3 is 1. The Kier molecular flexibility index (Phi) is 4.50. The molecule has 2 aromatic carbocycles. The van der Waals surface area contributed by atoms with Crippen molar-refractivity contribution in [3.05, 3.63) is 66.1 Å². The van der Waals surface area contributed by atoms with Crippen LogP contribution in [0.25, 0.3) is 10.8 Å². The maximum Gasteiger partial charge on any atom is 0.411 e. The average Bonchev–Trinajstić information content (AvgIpc) is 3.15. The van der Waals surface area contributed by atoms with Gasteiger partial charge in [-0.05, 0) is 43.9 Å². The Morgan fingerprint density at radius 3 is 2.53 bits per heavy atom.